The minimum absolute atomic E-state index is 0.0109. The van der Waals surface area contributed by atoms with Gasteiger partial charge in [0.15, 0.2) is 0 Å². The number of carbonyl (C=O) groups is 16. The van der Waals surface area contributed by atoms with Crippen molar-refractivity contribution in [2.45, 2.75) is 260 Å². The third-order valence-corrected chi connectivity index (χ3v) is 21.3. The van der Waals surface area contributed by atoms with Crippen LogP contribution in [0.4, 0.5) is 0 Å². The van der Waals surface area contributed by atoms with Crippen LogP contribution in [-0.4, -0.2) is 254 Å². The van der Waals surface area contributed by atoms with Gasteiger partial charge in [0.25, 0.3) is 0 Å². The molecule has 3 aliphatic rings. The van der Waals surface area contributed by atoms with Crippen molar-refractivity contribution in [1.29, 1.82) is 0 Å². The molecule has 3 saturated heterocycles. The van der Waals surface area contributed by atoms with Crippen molar-refractivity contribution in [3.8, 4) is 0 Å². The van der Waals surface area contributed by atoms with Crippen molar-refractivity contribution in [3.63, 3.8) is 0 Å². The summed E-state index contributed by atoms with van der Waals surface area (Å²) in [4.78, 5) is 239. The van der Waals surface area contributed by atoms with E-state index in [0.717, 1.165) is 0 Å². The number of nitrogens with zero attached hydrogens (tertiary/aromatic N) is 2. The minimum atomic E-state index is -1.82. The van der Waals surface area contributed by atoms with E-state index in [0.29, 0.717) is 39.4 Å². The van der Waals surface area contributed by atoms with E-state index in [-0.39, 0.29) is 77.4 Å². The van der Waals surface area contributed by atoms with Gasteiger partial charge in [-0.15, -0.1) is 0 Å². The highest BCUT2D eigenvalue weighted by Gasteiger charge is 2.46. The minimum Gasteiger partial charge on any atom is -0.391 e. The number of aliphatic hydroxyl groups is 1. The smallest absolute Gasteiger partial charge is 0.246 e. The Morgan fingerprint density at radius 1 is 0.427 bits per heavy atom. The molecular formula is C77H117N23O17. The lowest BCUT2D eigenvalue weighted by Crippen LogP contribution is -2.66. The van der Waals surface area contributed by atoms with Gasteiger partial charge in [0.2, 0.25) is 94.5 Å². The SMILES string of the molecule is CC[C@H](C)[C@@H]1NC(=O)[C@H](Cc2c[nH]c3ccccc23)NC(=O)[C@H]([C@@H](C)O)NC(=O)[C@@H]2CCCN2C(=O)[C@H]2CCCN2C(=O)[C@H](CCC(N)=O)NC(=O)[C@H](C)NC(=O)[C@H](C(C)N)NC(=O)[C@H](C(C)N)NC(=O)[C@H](Cc2c[nH]c3ccccc23)NC(=O)[C@H](C(C)N)NC(=O)[C@H](C(C)N)NC(=O)[C@H](CCCCN)NC(=O)[C@H](CCC(N)=O)NC1=O. The van der Waals surface area contributed by atoms with Crippen molar-refractivity contribution in [2.75, 3.05) is 19.6 Å². The van der Waals surface area contributed by atoms with Gasteiger partial charge in [0.1, 0.15) is 84.6 Å². The first-order chi connectivity index (χ1) is 55.3. The molecule has 2 aromatic heterocycles. The number of aromatic amines is 2. The fraction of sp³-hybridized carbons (Fsp3) is 0.584. The van der Waals surface area contributed by atoms with Crippen LogP contribution >= 0.6 is 0 Å². The van der Waals surface area contributed by atoms with Crippen molar-refractivity contribution < 1.29 is 81.8 Å². The van der Waals surface area contributed by atoms with Crippen LogP contribution in [0.25, 0.3) is 21.8 Å². The van der Waals surface area contributed by atoms with E-state index in [2.05, 4.69) is 73.8 Å². The summed E-state index contributed by atoms with van der Waals surface area (Å²) in [5.41, 5.74) is 44.8. The van der Waals surface area contributed by atoms with Gasteiger partial charge in [-0.2, -0.15) is 0 Å². The van der Waals surface area contributed by atoms with E-state index >= 15 is 4.79 Å². The molecule has 117 heavy (non-hydrogen) atoms. The summed E-state index contributed by atoms with van der Waals surface area (Å²) in [7, 11) is 0. The Balaban J connectivity index is 1.28. The summed E-state index contributed by atoms with van der Waals surface area (Å²) in [6, 6.07) is -13.2. The average Bonchev–Trinajstić information content (AvgIpc) is 1.68. The molecule has 642 valence electrons. The number of primary amides is 2. The summed E-state index contributed by atoms with van der Waals surface area (Å²) in [5, 5.41) is 43.6. The molecule has 20 atom stereocenters. The van der Waals surface area contributed by atoms with Gasteiger partial charge in [-0.1, -0.05) is 56.7 Å². The van der Waals surface area contributed by atoms with Crippen LogP contribution in [0.2, 0.25) is 0 Å². The fourth-order valence-electron chi connectivity index (χ4n) is 14.4. The zero-order valence-electron chi connectivity index (χ0n) is 67.3. The Labute approximate surface area is 676 Å². The Hall–Kier alpha value is -11.2. The van der Waals surface area contributed by atoms with E-state index in [9.17, 15) is 77.0 Å². The number of benzene rings is 2. The molecule has 40 nitrogen and oxygen atoms in total. The molecule has 0 spiro atoms. The number of H-pyrrole nitrogens is 2. The predicted octanol–water partition coefficient (Wildman–Crippen LogP) is -6.26. The number of para-hydroxylation sites is 2. The number of amides is 16. The molecule has 40 heteroatoms. The van der Waals surface area contributed by atoms with Crippen LogP contribution in [0, 0.1) is 5.92 Å². The number of hydrogen-bond donors (Lipinski definition) is 22. The summed E-state index contributed by atoms with van der Waals surface area (Å²) < 4.78 is 0. The summed E-state index contributed by atoms with van der Waals surface area (Å²) in [6.07, 6.45) is 0.350. The maximum Gasteiger partial charge on any atom is 0.246 e. The molecule has 7 rings (SSSR count). The highest BCUT2D eigenvalue weighted by Crippen LogP contribution is 2.28. The highest BCUT2D eigenvalue weighted by atomic mass is 16.3. The second kappa shape index (κ2) is 43.1. The average molecular weight is 1640 g/mol. The third-order valence-electron chi connectivity index (χ3n) is 21.3. The van der Waals surface area contributed by atoms with Crippen LogP contribution in [0.3, 0.4) is 0 Å². The maximum atomic E-state index is 15.1. The van der Waals surface area contributed by atoms with Crippen molar-refractivity contribution in [2.24, 2.45) is 46.1 Å². The highest BCUT2D eigenvalue weighted by molar-refractivity contribution is 6.02. The lowest BCUT2D eigenvalue weighted by atomic mass is 9.96. The van der Waals surface area contributed by atoms with Gasteiger partial charge in [-0.25, -0.2) is 0 Å². The molecule has 2 aromatic carbocycles. The zero-order valence-corrected chi connectivity index (χ0v) is 67.3. The standard InChI is InChI=1S/C77H117N23O17/c1-9-36(2)58-70(110)89-50(25-27-56(83)102)65(105)88-49(22-14-15-29-78)66(106)94-61(39(5)81)73(113)97-60(38(4)80)72(112)91-53(33-44-35-86-48-21-13-11-19-46(44)48)68(108)95-62(40(6)82)74(114)96-59(37(3)79)71(111)87-41(7)64(104)90-51(26-28-57(84)103)76(116)100-31-17-24-55(100)77(117)99-30-16-23-54(99)69(109)98-63(42(8)101)75(115)92-52(67(107)93-58)32-43-34-85-47-20-12-10-18-45(43)47/h10-13,18-21,34-42,49-55,58-63,85-86,101H,9,14-17,22-33,78-82H2,1-8H3,(H2,83,102)(H2,84,103)(H,87,111)(H,88,105)(H,89,110)(H,90,104)(H,91,112)(H,92,115)(H,93,107)(H,94,106)(H,95,108)(H,96,114)(H,97,113)(H,98,109)/t36-,37?,38?,39?,40?,41-,42+,49-,50-,51-,52-,53-,54-,55+,58-,59-,60-,61-,62-,63-/m0/s1. The van der Waals surface area contributed by atoms with E-state index in [1.54, 1.807) is 74.8 Å². The summed E-state index contributed by atoms with van der Waals surface area (Å²) >= 11 is 0. The normalized spacial score (nSPS) is 27.3. The van der Waals surface area contributed by atoms with Gasteiger partial charge >= 0.3 is 0 Å². The quantitative estimate of drug-likeness (QED) is 0.0345. The van der Waals surface area contributed by atoms with Gasteiger partial charge in [0.05, 0.1) is 6.10 Å². The first-order valence-corrected chi connectivity index (χ1v) is 39.7. The number of aliphatic hydroxyl groups excluding tert-OH is 1. The molecule has 0 radical (unpaired) electrons. The first kappa shape index (κ1) is 93.0. The largest absolute Gasteiger partial charge is 0.391 e. The molecule has 29 N–H and O–H groups in total. The molecule has 4 unspecified atom stereocenters. The Kier molecular flexibility index (Phi) is 34.3. The van der Waals surface area contributed by atoms with Gasteiger partial charge in [-0.3, -0.25) is 76.7 Å². The van der Waals surface area contributed by atoms with Crippen molar-refractivity contribution in [1.82, 2.24) is 83.6 Å². The molecule has 16 amide bonds. The van der Waals surface area contributed by atoms with Gasteiger partial charge in [0, 0.05) is 97.1 Å². The van der Waals surface area contributed by atoms with Crippen molar-refractivity contribution in [3.05, 3.63) is 72.1 Å². The molecule has 5 heterocycles. The van der Waals surface area contributed by atoms with Gasteiger partial charge in [-0.05, 0) is 135 Å². The fourth-order valence-corrected chi connectivity index (χ4v) is 14.4. The molecule has 0 saturated carbocycles. The number of unbranched alkanes of at least 4 members (excludes halogenated alkanes) is 1. The van der Waals surface area contributed by atoms with Crippen LogP contribution in [0.5, 0.6) is 0 Å². The molecule has 0 aliphatic carbocycles. The number of hydrogen-bond acceptors (Lipinski definition) is 22. The van der Waals surface area contributed by atoms with Crippen LogP contribution in [0.15, 0.2) is 60.9 Å². The number of rotatable bonds is 21. The number of nitrogens with two attached hydrogens (primary N) is 7. The van der Waals surface area contributed by atoms with Gasteiger partial charge < -0.3 is 129 Å². The number of nitrogens with one attached hydrogen (secondary N) is 14. The first-order valence-electron chi connectivity index (χ1n) is 39.7. The van der Waals surface area contributed by atoms with Crippen LogP contribution in [-0.2, 0) is 89.6 Å². The van der Waals surface area contributed by atoms with E-state index in [4.69, 9.17) is 40.1 Å². The predicted molar refractivity (Wildman–Crippen MR) is 428 cm³/mol. The zero-order chi connectivity index (χ0) is 86.4. The second-order valence-corrected chi connectivity index (χ2v) is 30.8. The molecule has 3 fully saturated rings. The van der Waals surface area contributed by atoms with E-state index in [1.807, 2.05) is 0 Å². The Morgan fingerprint density at radius 3 is 1.25 bits per heavy atom. The molecular weight excluding hydrogens is 1520 g/mol. The van der Waals surface area contributed by atoms with E-state index < -0.39 is 241 Å². The number of aromatic nitrogens is 2. The second-order valence-electron chi connectivity index (χ2n) is 30.8. The van der Waals surface area contributed by atoms with Crippen LogP contribution in [0.1, 0.15) is 144 Å². The monoisotopic (exact) mass is 1640 g/mol. The lowest BCUT2D eigenvalue weighted by molar-refractivity contribution is -0.148. The summed E-state index contributed by atoms with van der Waals surface area (Å²) in [5.74, 6) is -16.3. The molecule has 0 bridgehead atoms. The Morgan fingerprint density at radius 2 is 0.786 bits per heavy atom. The Bertz CT molecular complexity index is 4240. The maximum absolute atomic E-state index is 15.1. The van der Waals surface area contributed by atoms with Crippen LogP contribution < -0.4 is 104 Å². The molecule has 4 aromatic rings. The summed E-state index contributed by atoms with van der Waals surface area (Å²) in [6.45, 7) is 11.3. The number of fused-ring (bicyclic) bond motifs is 4. The van der Waals surface area contributed by atoms with E-state index in [1.165, 1.54) is 51.3 Å². The van der Waals surface area contributed by atoms with Crippen molar-refractivity contribution >= 4 is 116 Å². The number of carbonyl (C=O) groups excluding carboxylic acids is 16. The lowest BCUT2D eigenvalue weighted by Gasteiger charge is -2.34. The topological polar surface area (TPSA) is 658 Å². The third kappa shape index (κ3) is 25.2. The molecule has 3 aliphatic heterocycles.